The molecule has 0 atom stereocenters. The van der Waals surface area contributed by atoms with Gasteiger partial charge >= 0.3 is 5.97 Å². The lowest BCUT2D eigenvalue weighted by molar-refractivity contribution is -0.131. The van der Waals surface area contributed by atoms with Crippen LogP contribution < -0.4 is 5.32 Å². The highest BCUT2D eigenvalue weighted by molar-refractivity contribution is 6.06. The standard InChI is InChI=1S/C30H26FN3O3/c31-23-12-9-21(10-13-23)29-28(20-4-2-1-3-5-20)33-25-16-11-22(18-26(25)34-29)30(37)32-24-14-6-19(7-15-24)8-17-27(35)36/h6-18,20H,1-5H2,(H,32,37)(H,35,36)/b17-8+. The summed E-state index contributed by atoms with van der Waals surface area (Å²) >= 11 is 0. The van der Waals surface area contributed by atoms with Crippen molar-refractivity contribution in [1.29, 1.82) is 0 Å². The molecule has 1 aromatic heterocycles. The van der Waals surface area contributed by atoms with Gasteiger partial charge in [0.1, 0.15) is 5.82 Å². The summed E-state index contributed by atoms with van der Waals surface area (Å²) < 4.78 is 13.6. The molecule has 1 heterocycles. The number of aromatic nitrogens is 2. The lowest BCUT2D eigenvalue weighted by atomic mass is 9.85. The van der Waals surface area contributed by atoms with Gasteiger partial charge in [0.05, 0.1) is 22.4 Å². The number of carbonyl (C=O) groups excluding carboxylic acids is 1. The summed E-state index contributed by atoms with van der Waals surface area (Å²) in [4.78, 5) is 33.6. The predicted molar refractivity (Wildman–Crippen MR) is 142 cm³/mol. The predicted octanol–water partition coefficient (Wildman–Crippen LogP) is 6.83. The molecule has 2 N–H and O–H groups in total. The summed E-state index contributed by atoms with van der Waals surface area (Å²) in [6.45, 7) is 0. The number of amides is 1. The van der Waals surface area contributed by atoms with Crippen molar-refractivity contribution in [2.45, 2.75) is 38.0 Å². The molecule has 0 aliphatic heterocycles. The molecule has 3 aromatic carbocycles. The first-order valence-electron chi connectivity index (χ1n) is 12.4. The van der Waals surface area contributed by atoms with E-state index in [0.717, 1.165) is 54.2 Å². The van der Waals surface area contributed by atoms with Gasteiger partial charge in [0.2, 0.25) is 0 Å². The highest BCUT2D eigenvalue weighted by atomic mass is 19.1. The molecule has 7 heteroatoms. The molecule has 0 saturated heterocycles. The van der Waals surface area contributed by atoms with Crippen molar-refractivity contribution < 1.29 is 19.1 Å². The minimum Gasteiger partial charge on any atom is -0.478 e. The topological polar surface area (TPSA) is 92.2 Å². The number of benzene rings is 3. The van der Waals surface area contributed by atoms with Gasteiger partial charge in [0.15, 0.2) is 0 Å². The smallest absolute Gasteiger partial charge is 0.328 e. The van der Waals surface area contributed by atoms with Gasteiger partial charge in [0, 0.05) is 28.8 Å². The first-order chi connectivity index (χ1) is 18.0. The Bertz CT molecular complexity index is 1470. The molecule has 1 fully saturated rings. The number of fused-ring (bicyclic) bond motifs is 1. The first-order valence-corrected chi connectivity index (χ1v) is 12.4. The van der Waals surface area contributed by atoms with Crippen LogP contribution in [0.3, 0.4) is 0 Å². The van der Waals surface area contributed by atoms with E-state index in [1.54, 1.807) is 48.5 Å². The third kappa shape index (κ3) is 5.72. The Balaban J connectivity index is 1.45. The largest absolute Gasteiger partial charge is 0.478 e. The Kier molecular flexibility index (Phi) is 7.03. The second-order valence-corrected chi connectivity index (χ2v) is 9.25. The summed E-state index contributed by atoms with van der Waals surface area (Å²) in [5.74, 6) is -1.31. The first kappa shape index (κ1) is 24.3. The maximum Gasteiger partial charge on any atom is 0.328 e. The Labute approximate surface area is 213 Å². The third-order valence-corrected chi connectivity index (χ3v) is 6.65. The van der Waals surface area contributed by atoms with E-state index >= 15 is 0 Å². The van der Waals surface area contributed by atoms with Crippen LogP contribution in [0.15, 0.2) is 72.8 Å². The minimum absolute atomic E-state index is 0.294. The van der Waals surface area contributed by atoms with Crippen LogP contribution in [0.4, 0.5) is 10.1 Å². The van der Waals surface area contributed by atoms with Crippen molar-refractivity contribution in [3.05, 3.63) is 95.4 Å². The second kappa shape index (κ2) is 10.7. The molecule has 5 rings (SSSR count). The molecule has 0 radical (unpaired) electrons. The number of carbonyl (C=O) groups is 2. The summed E-state index contributed by atoms with van der Waals surface area (Å²) in [6, 6.07) is 18.5. The Hall–Kier alpha value is -4.39. The zero-order valence-electron chi connectivity index (χ0n) is 20.2. The second-order valence-electron chi connectivity index (χ2n) is 9.25. The quantitative estimate of drug-likeness (QED) is 0.286. The number of aliphatic carboxylic acids is 1. The lowest BCUT2D eigenvalue weighted by Crippen LogP contribution is -2.13. The van der Waals surface area contributed by atoms with Crippen molar-refractivity contribution in [3.8, 4) is 11.3 Å². The fourth-order valence-corrected chi connectivity index (χ4v) is 4.74. The average Bonchev–Trinajstić information content (AvgIpc) is 2.92. The third-order valence-electron chi connectivity index (χ3n) is 6.65. The molecular formula is C30H26FN3O3. The van der Waals surface area contributed by atoms with Crippen molar-refractivity contribution in [3.63, 3.8) is 0 Å². The molecule has 1 saturated carbocycles. The van der Waals surface area contributed by atoms with E-state index in [2.05, 4.69) is 5.32 Å². The summed E-state index contributed by atoms with van der Waals surface area (Å²) in [5, 5.41) is 11.6. The summed E-state index contributed by atoms with van der Waals surface area (Å²) in [5.41, 5.74) is 5.54. The van der Waals surface area contributed by atoms with E-state index in [1.165, 1.54) is 24.6 Å². The van der Waals surface area contributed by atoms with Gasteiger partial charge in [-0.2, -0.15) is 0 Å². The number of hydrogen-bond donors (Lipinski definition) is 2. The Morgan fingerprint density at radius 3 is 2.32 bits per heavy atom. The van der Waals surface area contributed by atoms with E-state index in [4.69, 9.17) is 15.1 Å². The van der Waals surface area contributed by atoms with Crippen LogP contribution in [0.5, 0.6) is 0 Å². The van der Waals surface area contributed by atoms with Crippen LogP contribution in [0.25, 0.3) is 28.4 Å². The number of carboxylic acid groups (broad SMARTS) is 1. The zero-order valence-corrected chi connectivity index (χ0v) is 20.2. The number of anilines is 1. The molecule has 0 bridgehead atoms. The molecule has 1 aliphatic rings. The fourth-order valence-electron chi connectivity index (χ4n) is 4.74. The normalized spacial score (nSPS) is 14.2. The molecule has 6 nitrogen and oxygen atoms in total. The molecular weight excluding hydrogens is 469 g/mol. The summed E-state index contributed by atoms with van der Waals surface area (Å²) in [7, 11) is 0. The molecule has 0 unspecified atom stereocenters. The van der Waals surface area contributed by atoms with Gasteiger partial charge in [-0.25, -0.2) is 19.2 Å². The van der Waals surface area contributed by atoms with Crippen LogP contribution in [-0.2, 0) is 4.79 Å². The number of hydrogen-bond acceptors (Lipinski definition) is 4. The van der Waals surface area contributed by atoms with Gasteiger partial charge in [-0.05, 0) is 79.1 Å². The van der Waals surface area contributed by atoms with Gasteiger partial charge in [0.25, 0.3) is 5.91 Å². The number of nitrogens with zero attached hydrogens (tertiary/aromatic N) is 2. The van der Waals surface area contributed by atoms with Gasteiger partial charge in [-0.1, -0.05) is 31.4 Å². The molecule has 1 aliphatic carbocycles. The minimum atomic E-state index is -1.02. The van der Waals surface area contributed by atoms with Crippen LogP contribution in [0.1, 0.15) is 59.6 Å². The van der Waals surface area contributed by atoms with E-state index in [0.29, 0.717) is 28.2 Å². The van der Waals surface area contributed by atoms with Gasteiger partial charge < -0.3 is 10.4 Å². The maximum atomic E-state index is 13.6. The molecule has 1 amide bonds. The monoisotopic (exact) mass is 495 g/mol. The SMILES string of the molecule is O=C(O)/C=C/c1ccc(NC(=O)c2ccc3nc(C4CCCCC4)c(-c4ccc(F)cc4)nc3c2)cc1. The maximum absolute atomic E-state index is 13.6. The zero-order chi connectivity index (χ0) is 25.8. The van der Waals surface area contributed by atoms with Crippen molar-refractivity contribution >= 4 is 34.7 Å². The number of nitrogens with one attached hydrogen (secondary N) is 1. The lowest BCUT2D eigenvalue weighted by Gasteiger charge is -2.23. The van der Waals surface area contributed by atoms with E-state index in [1.807, 2.05) is 6.07 Å². The molecule has 186 valence electrons. The van der Waals surface area contributed by atoms with E-state index < -0.39 is 5.97 Å². The van der Waals surface area contributed by atoms with Crippen LogP contribution in [0.2, 0.25) is 0 Å². The average molecular weight is 496 g/mol. The Morgan fingerprint density at radius 1 is 0.892 bits per heavy atom. The van der Waals surface area contributed by atoms with Crippen LogP contribution >= 0.6 is 0 Å². The van der Waals surface area contributed by atoms with Crippen molar-refractivity contribution in [2.24, 2.45) is 0 Å². The number of carboxylic acids is 1. The fraction of sp³-hybridized carbons (Fsp3) is 0.200. The highest BCUT2D eigenvalue weighted by Gasteiger charge is 2.23. The highest BCUT2D eigenvalue weighted by Crippen LogP contribution is 2.37. The van der Waals surface area contributed by atoms with Crippen LogP contribution in [0, 0.1) is 5.82 Å². The molecule has 0 spiro atoms. The number of rotatable bonds is 6. The van der Waals surface area contributed by atoms with Crippen molar-refractivity contribution in [2.75, 3.05) is 5.32 Å². The van der Waals surface area contributed by atoms with Crippen molar-refractivity contribution in [1.82, 2.24) is 9.97 Å². The van der Waals surface area contributed by atoms with Crippen LogP contribution in [-0.4, -0.2) is 27.0 Å². The van der Waals surface area contributed by atoms with E-state index in [-0.39, 0.29) is 11.7 Å². The molecule has 37 heavy (non-hydrogen) atoms. The Morgan fingerprint density at radius 2 is 1.62 bits per heavy atom. The van der Waals surface area contributed by atoms with Gasteiger partial charge in [-0.3, -0.25) is 4.79 Å². The van der Waals surface area contributed by atoms with E-state index in [9.17, 15) is 14.0 Å². The molecule has 4 aromatic rings. The van der Waals surface area contributed by atoms with Gasteiger partial charge in [-0.15, -0.1) is 0 Å². The summed E-state index contributed by atoms with van der Waals surface area (Å²) in [6.07, 6.45) is 8.19. The number of halogens is 1.